The molecular formula is C21H26N2O2. The van der Waals surface area contributed by atoms with E-state index in [2.05, 4.69) is 10.6 Å². The van der Waals surface area contributed by atoms with Crippen LogP contribution in [0.2, 0.25) is 0 Å². The first-order valence-electron chi connectivity index (χ1n) is 8.54. The van der Waals surface area contributed by atoms with E-state index >= 15 is 0 Å². The van der Waals surface area contributed by atoms with Crippen molar-refractivity contribution < 1.29 is 9.59 Å². The average molecular weight is 338 g/mol. The molecule has 4 nitrogen and oxygen atoms in total. The van der Waals surface area contributed by atoms with Gasteiger partial charge in [0.05, 0.1) is 0 Å². The van der Waals surface area contributed by atoms with E-state index in [1.807, 2.05) is 63.2 Å². The molecule has 2 N–H and O–H groups in total. The lowest BCUT2D eigenvalue weighted by atomic mass is 9.90. The van der Waals surface area contributed by atoms with Gasteiger partial charge in [-0.3, -0.25) is 9.59 Å². The Balaban J connectivity index is 2.17. The number of hydrogen-bond acceptors (Lipinski definition) is 2. The van der Waals surface area contributed by atoms with Gasteiger partial charge in [0.25, 0.3) is 0 Å². The highest BCUT2D eigenvalue weighted by Gasteiger charge is 2.36. The molecule has 2 amide bonds. The molecule has 0 aliphatic heterocycles. The van der Waals surface area contributed by atoms with Crippen molar-refractivity contribution in [1.82, 2.24) is 0 Å². The number of rotatable bonds is 5. The molecule has 0 aromatic heterocycles. The van der Waals surface area contributed by atoms with Crippen LogP contribution in [0.4, 0.5) is 11.4 Å². The standard InChI is InChI=1S/C21H26N2O2/c1-6-16-11-7-8-12-18(16)23-20(25)21(4,5)19(24)22-17-13-9-10-14(2)15(17)3/h7-13H,6H2,1-5H3,(H,22,24)(H,23,25). The number of aryl methyl sites for hydroxylation is 2. The Morgan fingerprint density at radius 3 is 2.08 bits per heavy atom. The lowest BCUT2D eigenvalue weighted by Crippen LogP contribution is -2.41. The second-order valence-corrected chi connectivity index (χ2v) is 6.79. The summed E-state index contributed by atoms with van der Waals surface area (Å²) in [6.45, 7) is 9.25. The minimum absolute atomic E-state index is 0.323. The van der Waals surface area contributed by atoms with Crippen molar-refractivity contribution in [3.05, 3.63) is 59.2 Å². The number of nitrogens with one attached hydrogen (secondary N) is 2. The van der Waals surface area contributed by atoms with Gasteiger partial charge in [-0.1, -0.05) is 37.3 Å². The third kappa shape index (κ3) is 4.08. The summed E-state index contributed by atoms with van der Waals surface area (Å²) in [5.41, 5.74) is 3.43. The molecule has 2 aromatic rings. The normalized spacial score (nSPS) is 11.1. The molecule has 0 spiro atoms. The fraction of sp³-hybridized carbons (Fsp3) is 0.333. The summed E-state index contributed by atoms with van der Waals surface area (Å²) >= 11 is 0. The van der Waals surface area contributed by atoms with E-state index in [-0.39, 0.29) is 11.8 Å². The predicted octanol–water partition coefficient (Wildman–Crippen LogP) is 4.47. The monoisotopic (exact) mass is 338 g/mol. The third-order valence-electron chi connectivity index (χ3n) is 4.63. The van der Waals surface area contributed by atoms with Crippen molar-refractivity contribution in [1.29, 1.82) is 0 Å². The second kappa shape index (κ2) is 7.51. The number of carbonyl (C=O) groups excluding carboxylic acids is 2. The average Bonchev–Trinajstić information content (AvgIpc) is 2.59. The first kappa shape index (κ1) is 18.7. The van der Waals surface area contributed by atoms with Crippen molar-refractivity contribution in [3.63, 3.8) is 0 Å². The molecule has 0 bridgehead atoms. The zero-order chi connectivity index (χ0) is 18.6. The molecular weight excluding hydrogens is 312 g/mol. The van der Waals surface area contributed by atoms with E-state index in [9.17, 15) is 9.59 Å². The van der Waals surface area contributed by atoms with Gasteiger partial charge in [0.15, 0.2) is 0 Å². The summed E-state index contributed by atoms with van der Waals surface area (Å²) in [6, 6.07) is 13.4. The summed E-state index contributed by atoms with van der Waals surface area (Å²) in [5, 5.41) is 5.78. The molecule has 0 unspecified atom stereocenters. The van der Waals surface area contributed by atoms with Crippen LogP contribution in [0.25, 0.3) is 0 Å². The van der Waals surface area contributed by atoms with Crippen molar-refractivity contribution in [2.24, 2.45) is 5.41 Å². The molecule has 0 saturated carbocycles. The van der Waals surface area contributed by atoms with Crippen LogP contribution < -0.4 is 10.6 Å². The maximum Gasteiger partial charge on any atom is 0.239 e. The predicted molar refractivity (Wildman–Crippen MR) is 103 cm³/mol. The highest BCUT2D eigenvalue weighted by molar-refractivity contribution is 6.14. The largest absolute Gasteiger partial charge is 0.325 e. The second-order valence-electron chi connectivity index (χ2n) is 6.79. The molecule has 0 heterocycles. The fourth-order valence-corrected chi connectivity index (χ4v) is 2.50. The van der Waals surface area contributed by atoms with Gasteiger partial charge in [-0.05, 0) is 62.9 Å². The van der Waals surface area contributed by atoms with Gasteiger partial charge in [-0.15, -0.1) is 0 Å². The Kier molecular flexibility index (Phi) is 5.62. The minimum atomic E-state index is -1.20. The van der Waals surface area contributed by atoms with E-state index in [1.165, 1.54) is 0 Å². The summed E-state index contributed by atoms with van der Waals surface area (Å²) in [7, 11) is 0. The van der Waals surface area contributed by atoms with Crippen molar-refractivity contribution in [2.75, 3.05) is 10.6 Å². The van der Waals surface area contributed by atoms with Crippen molar-refractivity contribution in [2.45, 2.75) is 41.0 Å². The molecule has 2 aromatic carbocycles. The molecule has 4 heteroatoms. The van der Waals surface area contributed by atoms with E-state index in [4.69, 9.17) is 0 Å². The number of carbonyl (C=O) groups is 2. The Morgan fingerprint density at radius 2 is 1.44 bits per heavy atom. The maximum absolute atomic E-state index is 12.7. The smallest absolute Gasteiger partial charge is 0.239 e. The van der Waals surface area contributed by atoms with Crippen LogP contribution in [0.15, 0.2) is 42.5 Å². The summed E-state index contributed by atoms with van der Waals surface area (Å²) < 4.78 is 0. The van der Waals surface area contributed by atoms with Crippen LogP contribution in [-0.4, -0.2) is 11.8 Å². The van der Waals surface area contributed by atoms with Crippen LogP contribution in [0, 0.1) is 19.3 Å². The first-order chi connectivity index (χ1) is 11.8. The zero-order valence-corrected chi connectivity index (χ0v) is 15.6. The molecule has 0 fully saturated rings. The van der Waals surface area contributed by atoms with E-state index in [1.54, 1.807) is 13.8 Å². The Hall–Kier alpha value is -2.62. The Morgan fingerprint density at radius 1 is 0.880 bits per heavy atom. The Bertz CT molecular complexity index is 794. The molecule has 0 saturated heterocycles. The highest BCUT2D eigenvalue weighted by atomic mass is 16.2. The third-order valence-corrected chi connectivity index (χ3v) is 4.63. The van der Waals surface area contributed by atoms with Crippen molar-refractivity contribution in [3.8, 4) is 0 Å². The fourth-order valence-electron chi connectivity index (χ4n) is 2.50. The highest BCUT2D eigenvalue weighted by Crippen LogP contribution is 2.25. The number of para-hydroxylation sites is 1. The topological polar surface area (TPSA) is 58.2 Å². The first-order valence-corrected chi connectivity index (χ1v) is 8.54. The van der Waals surface area contributed by atoms with Crippen LogP contribution in [-0.2, 0) is 16.0 Å². The Labute approximate surface area is 149 Å². The number of anilines is 2. The van der Waals surface area contributed by atoms with E-state index < -0.39 is 5.41 Å². The molecule has 2 rings (SSSR count). The quantitative estimate of drug-likeness (QED) is 0.790. The zero-order valence-electron chi connectivity index (χ0n) is 15.6. The van der Waals surface area contributed by atoms with Gasteiger partial charge in [0.1, 0.15) is 5.41 Å². The number of benzene rings is 2. The van der Waals surface area contributed by atoms with Crippen LogP contribution in [0.1, 0.15) is 37.5 Å². The summed E-state index contributed by atoms with van der Waals surface area (Å²) in [5.74, 6) is -0.649. The minimum Gasteiger partial charge on any atom is -0.325 e. The molecule has 0 atom stereocenters. The van der Waals surface area contributed by atoms with Gasteiger partial charge in [0, 0.05) is 11.4 Å². The van der Waals surface area contributed by atoms with Gasteiger partial charge >= 0.3 is 0 Å². The maximum atomic E-state index is 12.7. The summed E-state index contributed by atoms with van der Waals surface area (Å²) in [4.78, 5) is 25.4. The SMILES string of the molecule is CCc1ccccc1NC(=O)C(C)(C)C(=O)Nc1cccc(C)c1C. The summed E-state index contributed by atoms with van der Waals surface area (Å²) in [6.07, 6.45) is 0.811. The molecule has 0 aliphatic rings. The van der Waals surface area contributed by atoms with E-state index in [0.29, 0.717) is 0 Å². The van der Waals surface area contributed by atoms with Gasteiger partial charge in [0.2, 0.25) is 11.8 Å². The molecule has 25 heavy (non-hydrogen) atoms. The van der Waals surface area contributed by atoms with Crippen LogP contribution in [0.5, 0.6) is 0 Å². The van der Waals surface area contributed by atoms with Crippen LogP contribution in [0.3, 0.4) is 0 Å². The lowest BCUT2D eigenvalue weighted by Gasteiger charge is -2.24. The van der Waals surface area contributed by atoms with Crippen molar-refractivity contribution >= 4 is 23.2 Å². The molecule has 0 aliphatic carbocycles. The molecule has 132 valence electrons. The van der Waals surface area contributed by atoms with E-state index in [0.717, 1.165) is 34.5 Å². The molecule has 0 radical (unpaired) electrons. The lowest BCUT2D eigenvalue weighted by molar-refractivity contribution is -0.135. The van der Waals surface area contributed by atoms with Crippen LogP contribution >= 0.6 is 0 Å². The van der Waals surface area contributed by atoms with Gasteiger partial charge in [-0.2, -0.15) is 0 Å². The van der Waals surface area contributed by atoms with Gasteiger partial charge in [-0.25, -0.2) is 0 Å². The number of hydrogen-bond donors (Lipinski definition) is 2. The van der Waals surface area contributed by atoms with Gasteiger partial charge < -0.3 is 10.6 Å². The number of amides is 2.